The van der Waals surface area contributed by atoms with E-state index < -0.39 is 5.97 Å². The summed E-state index contributed by atoms with van der Waals surface area (Å²) in [6.45, 7) is 0. The number of hydrogen-bond donors (Lipinski definition) is 1. The molecule has 6 nitrogen and oxygen atoms in total. The number of nitriles is 1. The Labute approximate surface area is 78.1 Å². The lowest BCUT2D eigenvalue weighted by molar-refractivity contribution is 0.0689. The third-order valence-corrected chi connectivity index (χ3v) is 1.71. The lowest BCUT2D eigenvalue weighted by atomic mass is 10.4. The van der Waals surface area contributed by atoms with Crippen LogP contribution >= 0.6 is 0 Å². The molecule has 0 atom stereocenters. The molecule has 68 valence electrons. The molecule has 0 aromatic carbocycles. The van der Waals surface area contributed by atoms with E-state index in [-0.39, 0.29) is 17.2 Å². The molecule has 0 fully saturated rings. The lowest BCUT2D eigenvalue weighted by Gasteiger charge is -1.94. The van der Waals surface area contributed by atoms with Crippen molar-refractivity contribution in [3.8, 4) is 6.07 Å². The van der Waals surface area contributed by atoms with Crippen LogP contribution in [0.2, 0.25) is 0 Å². The largest absolute Gasteiger partial charge is 0.477 e. The van der Waals surface area contributed by atoms with E-state index in [9.17, 15) is 4.79 Å². The van der Waals surface area contributed by atoms with Crippen molar-refractivity contribution >= 4 is 11.7 Å². The smallest absolute Gasteiger partial charge is 0.354 e. The number of imidazole rings is 1. The zero-order valence-corrected chi connectivity index (χ0v) is 6.88. The van der Waals surface area contributed by atoms with Crippen molar-refractivity contribution < 1.29 is 9.90 Å². The van der Waals surface area contributed by atoms with Crippen molar-refractivity contribution in [2.75, 3.05) is 0 Å². The second-order valence-corrected chi connectivity index (χ2v) is 2.54. The minimum absolute atomic E-state index is 0.0250. The average Bonchev–Trinajstić information content (AvgIpc) is 2.59. The number of nitrogens with zero attached hydrogens (tertiary/aromatic N) is 4. The second kappa shape index (κ2) is 2.81. The Bertz CT molecular complexity index is 552. The van der Waals surface area contributed by atoms with Crippen LogP contribution in [0.4, 0.5) is 0 Å². The molecule has 0 radical (unpaired) electrons. The van der Waals surface area contributed by atoms with E-state index in [1.54, 1.807) is 0 Å². The molecular weight excluding hydrogens is 184 g/mol. The number of carboxylic acids is 1. The Hall–Kier alpha value is -2.42. The molecule has 1 N–H and O–H groups in total. The maximum Gasteiger partial charge on any atom is 0.354 e. The van der Waals surface area contributed by atoms with Gasteiger partial charge in [-0.2, -0.15) is 5.26 Å². The first-order valence-electron chi connectivity index (χ1n) is 3.70. The Morgan fingerprint density at radius 3 is 3.07 bits per heavy atom. The fourth-order valence-corrected chi connectivity index (χ4v) is 1.09. The maximum atomic E-state index is 10.7. The highest BCUT2D eigenvalue weighted by Gasteiger charge is 2.10. The minimum Gasteiger partial charge on any atom is -0.477 e. The normalized spacial score (nSPS) is 9.93. The molecule has 0 bridgehead atoms. The van der Waals surface area contributed by atoms with Crippen LogP contribution in [-0.2, 0) is 0 Å². The zero-order valence-electron chi connectivity index (χ0n) is 6.88. The Balaban J connectivity index is 2.73. The van der Waals surface area contributed by atoms with E-state index in [0.717, 1.165) is 0 Å². The molecule has 0 saturated heterocycles. The van der Waals surface area contributed by atoms with Gasteiger partial charge in [0.05, 0.1) is 6.20 Å². The quantitative estimate of drug-likeness (QED) is 0.694. The van der Waals surface area contributed by atoms with E-state index in [1.807, 2.05) is 6.07 Å². The van der Waals surface area contributed by atoms with Gasteiger partial charge in [-0.1, -0.05) is 0 Å². The van der Waals surface area contributed by atoms with Gasteiger partial charge in [0.1, 0.15) is 11.8 Å². The van der Waals surface area contributed by atoms with Crippen LogP contribution in [0, 0.1) is 11.3 Å². The summed E-state index contributed by atoms with van der Waals surface area (Å²) < 4.78 is 1.31. The third-order valence-electron chi connectivity index (χ3n) is 1.71. The van der Waals surface area contributed by atoms with Crippen molar-refractivity contribution in [2.24, 2.45) is 0 Å². The van der Waals surface area contributed by atoms with Crippen molar-refractivity contribution in [2.45, 2.75) is 0 Å². The summed E-state index contributed by atoms with van der Waals surface area (Å²) in [6, 6.07) is 3.28. The van der Waals surface area contributed by atoms with Crippen LogP contribution in [0.25, 0.3) is 5.78 Å². The summed E-state index contributed by atoms with van der Waals surface area (Å²) in [6.07, 6.45) is 2.66. The molecule has 14 heavy (non-hydrogen) atoms. The van der Waals surface area contributed by atoms with Gasteiger partial charge in [0.15, 0.2) is 5.69 Å². The number of aromatic carboxylic acids is 1. The van der Waals surface area contributed by atoms with Gasteiger partial charge >= 0.3 is 5.97 Å². The van der Waals surface area contributed by atoms with Gasteiger partial charge in [0, 0.05) is 6.20 Å². The minimum atomic E-state index is -1.08. The van der Waals surface area contributed by atoms with Gasteiger partial charge < -0.3 is 5.11 Å². The number of fused-ring (bicyclic) bond motifs is 1. The molecular formula is C8H4N4O2. The van der Waals surface area contributed by atoms with Crippen LogP contribution in [0.15, 0.2) is 18.5 Å². The van der Waals surface area contributed by atoms with Gasteiger partial charge in [0.25, 0.3) is 0 Å². The highest BCUT2D eigenvalue weighted by atomic mass is 16.4. The van der Waals surface area contributed by atoms with E-state index in [0.29, 0.717) is 0 Å². The Morgan fingerprint density at radius 2 is 2.43 bits per heavy atom. The zero-order chi connectivity index (χ0) is 10.1. The van der Waals surface area contributed by atoms with Gasteiger partial charge in [-0.05, 0) is 6.07 Å². The molecule has 2 aromatic heterocycles. The first kappa shape index (κ1) is 8.19. The lowest BCUT2D eigenvalue weighted by Crippen LogP contribution is -2.02. The first-order chi connectivity index (χ1) is 6.72. The Kier molecular flexibility index (Phi) is 1.65. The van der Waals surface area contributed by atoms with E-state index in [1.165, 1.54) is 22.9 Å². The highest BCUT2D eigenvalue weighted by Crippen LogP contribution is 2.04. The molecule has 0 aliphatic carbocycles. The Morgan fingerprint density at radius 1 is 1.64 bits per heavy atom. The van der Waals surface area contributed by atoms with Gasteiger partial charge in [0.2, 0.25) is 5.78 Å². The number of carboxylic acid groups (broad SMARTS) is 1. The van der Waals surface area contributed by atoms with Crippen molar-refractivity contribution in [3.05, 3.63) is 29.8 Å². The van der Waals surface area contributed by atoms with Crippen molar-refractivity contribution in [1.82, 2.24) is 14.4 Å². The molecule has 0 saturated carbocycles. The molecule has 0 aliphatic heterocycles. The summed E-state index contributed by atoms with van der Waals surface area (Å²) in [5, 5.41) is 17.3. The van der Waals surface area contributed by atoms with Gasteiger partial charge in [-0.3, -0.25) is 4.40 Å². The van der Waals surface area contributed by atoms with Crippen LogP contribution in [0.3, 0.4) is 0 Å². The van der Waals surface area contributed by atoms with Crippen LogP contribution in [0.5, 0.6) is 0 Å². The standard InChI is InChI=1S/C8H4N4O2/c9-3-5-1-2-12-6(7(13)14)4-10-8(12)11-5/h1-2,4H,(H,13,14). The number of carbonyl (C=O) groups is 1. The maximum absolute atomic E-state index is 10.7. The van der Waals surface area contributed by atoms with Crippen LogP contribution < -0.4 is 0 Å². The third kappa shape index (κ3) is 1.08. The topological polar surface area (TPSA) is 91.3 Å². The molecule has 2 heterocycles. The average molecular weight is 188 g/mol. The van der Waals surface area contributed by atoms with Crippen molar-refractivity contribution in [3.63, 3.8) is 0 Å². The van der Waals surface area contributed by atoms with Gasteiger partial charge in [-0.15, -0.1) is 0 Å². The molecule has 2 rings (SSSR count). The number of aromatic nitrogens is 3. The molecule has 2 aromatic rings. The predicted octanol–water partition coefficient (Wildman–Crippen LogP) is 0.299. The van der Waals surface area contributed by atoms with Gasteiger partial charge in [-0.25, -0.2) is 14.8 Å². The van der Waals surface area contributed by atoms with E-state index in [2.05, 4.69) is 9.97 Å². The molecule has 0 unspecified atom stereocenters. The fraction of sp³-hybridized carbons (Fsp3) is 0. The summed E-state index contributed by atoms with van der Waals surface area (Å²) in [7, 11) is 0. The molecule has 6 heteroatoms. The second-order valence-electron chi connectivity index (χ2n) is 2.54. The summed E-state index contributed by atoms with van der Waals surface area (Å²) in [4.78, 5) is 18.3. The highest BCUT2D eigenvalue weighted by molar-refractivity contribution is 5.86. The summed E-state index contributed by atoms with van der Waals surface area (Å²) in [5.74, 6) is -0.870. The summed E-state index contributed by atoms with van der Waals surface area (Å²) in [5.41, 5.74) is 0.233. The van der Waals surface area contributed by atoms with Crippen molar-refractivity contribution in [1.29, 1.82) is 5.26 Å². The molecule has 0 spiro atoms. The first-order valence-corrected chi connectivity index (χ1v) is 3.70. The SMILES string of the molecule is N#Cc1ccn2c(C(=O)O)cnc2n1. The number of hydrogen-bond acceptors (Lipinski definition) is 4. The van der Waals surface area contributed by atoms with E-state index >= 15 is 0 Å². The van der Waals surface area contributed by atoms with Crippen LogP contribution in [-0.4, -0.2) is 25.4 Å². The number of rotatable bonds is 1. The summed E-state index contributed by atoms with van der Waals surface area (Å²) >= 11 is 0. The molecule has 0 amide bonds. The monoisotopic (exact) mass is 188 g/mol. The predicted molar refractivity (Wildman–Crippen MR) is 44.7 cm³/mol. The molecule has 0 aliphatic rings. The fourth-order valence-electron chi connectivity index (χ4n) is 1.09. The van der Waals surface area contributed by atoms with Crippen LogP contribution in [0.1, 0.15) is 16.2 Å². The van der Waals surface area contributed by atoms with E-state index in [4.69, 9.17) is 10.4 Å².